The fourth-order valence-corrected chi connectivity index (χ4v) is 1.41. The predicted molar refractivity (Wildman–Crippen MR) is 53.8 cm³/mol. The van der Waals surface area contributed by atoms with Gasteiger partial charge in [0, 0.05) is 12.1 Å². The fourth-order valence-electron chi connectivity index (χ4n) is 1.41. The van der Waals surface area contributed by atoms with Crippen LogP contribution in [0.2, 0.25) is 0 Å². The Hall–Kier alpha value is -0.940. The molecule has 0 aliphatic carbocycles. The summed E-state index contributed by atoms with van der Waals surface area (Å²) in [5, 5.41) is 2.96. The molecule has 15 heavy (non-hydrogen) atoms. The highest BCUT2D eigenvalue weighted by atomic mass is 19.3. The summed E-state index contributed by atoms with van der Waals surface area (Å²) in [4.78, 5) is 1.58. The first-order chi connectivity index (χ1) is 7.13. The van der Waals surface area contributed by atoms with Crippen molar-refractivity contribution in [3.63, 3.8) is 0 Å². The van der Waals surface area contributed by atoms with Gasteiger partial charge in [0.05, 0.1) is 19.4 Å². The number of rotatable bonds is 6. The average Bonchev–Trinajstić information content (AvgIpc) is 2.52. The third-order valence-corrected chi connectivity index (χ3v) is 2.06. The molecule has 1 aromatic rings. The lowest BCUT2D eigenvalue weighted by atomic mass is 10.2. The van der Waals surface area contributed by atoms with Crippen LogP contribution >= 0.6 is 0 Å². The Morgan fingerprint density at radius 2 is 2.27 bits per heavy atom. The molecular formula is C10H16F2N2O. The second kappa shape index (κ2) is 5.82. The highest BCUT2D eigenvalue weighted by Crippen LogP contribution is 2.13. The lowest BCUT2D eigenvalue weighted by Crippen LogP contribution is -2.24. The van der Waals surface area contributed by atoms with Gasteiger partial charge in [0.25, 0.3) is 6.43 Å². The molecule has 0 saturated heterocycles. The Morgan fingerprint density at radius 3 is 2.87 bits per heavy atom. The molecule has 1 aromatic heterocycles. The summed E-state index contributed by atoms with van der Waals surface area (Å²) in [5.74, 6) is 0.804. The van der Waals surface area contributed by atoms with Crippen LogP contribution in [0.5, 0.6) is 0 Å². The number of alkyl halides is 2. The standard InChI is InChI=1S/C10H16F2N2O/c1-13-5-9-8(3-4-15-9)6-14(2)7-10(11)12/h3-4,10,13H,5-7H2,1-2H3. The second-order valence-corrected chi connectivity index (χ2v) is 3.49. The average molecular weight is 218 g/mol. The zero-order chi connectivity index (χ0) is 11.3. The quantitative estimate of drug-likeness (QED) is 0.787. The molecule has 0 aromatic carbocycles. The Labute approximate surface area is 88.1 Å². The van der Waals surface area contributed by atoms with E-state index in [0.717, 1.165) is 11.3 Å². The van der Waals surface area contributed by atoms with Gasteiger partial charge in [-0.2, -0.15) is 0 Å². The van der Waals surface area contributed by atoms with Crippen LogP contribution in [-0.4, -0.2) is 32.0 Å². The summed E-state index contributed by atoms with van der Waals surface area (Å²) in [6.07, 6.45) is -0.715. The van der Waals surface area contributed by atoms with Crippen LogP contribution < -0.4 is 5.32 Å². The molecule has 3 nitrogen and oxygen atoms in total. The van der Waals surface area contributed by atoms with E-state index in [2.05, 4.69) is 5.32 Å². The van der Waals surface area contributed by atoms with Crippen molar-refractivity contribution < 1.29 is 13.2 Å². The molecule has 0 radical (unpaired) electrons. The van der Waals surface area contributed by atoms with Crippen LogP contribution in [0.25, 0.3) is 0 Å². The summed E-state index contributed by atoms with van der Waals surface area (Å²) < 4.78 is 29.4. The second-order valence-electron chi connectivity index (χ2n) is 3.49. The molecule has 0 saturated carbocycles. The molecule has 0 spiro atoms. The zero-order valence-corrected chi connectivity index (χ0v) is 8.96. The third kappa shape index (κ3) is 3.97. The topological polar surface area (TPSA) is 28.4 Å². The van der Waals surface area contributed by atoms with Gasteiger partial charge in [-0.25, -0.2) is 8.78 Å². The molecular weight excluding hydrogens is 202 g/mol. The molecule has 1 rings (SSSR count). The molecule has 86 valence electrons. The number of halogens is 2. The van der Waals surface area contributed by atoms with Gasteiger partial charge in [-0.1, -0.05) is 0 Å². The summed E-state index contributed by atoms with van der Waals surface area (Å²) in [5.41, 5.74) is 0.951. The van der Waals surface area contributed by atoms with Crippen molar-refractivity contribution in [1.82, 2.24) is 10.2 Å². The van der Waals surface area contributed by atoms with Crippen molar-refractivity contribution in [3.8, 4) is 0 Å². The van der Waals surface area contributed by atoms with E-state index in [1.165, 1.54) is 0 Å². The van der Waals surface area contributed by atoms with Crippen molar-refractivity contribution >= 4 is 0 Å². The van der Waals surface area contributed by atoms with Crippen molar-refractivity contribution in [2.45, 2.75) is 19.5 Å². The largest absolute Gasteiger partial charge is 0.468 e. The van der Waals surface area contributed by atoms with Gasteiger partial charge in [-0.3, -0.25) is 4.90 Å². The molecule has 0 amide bonds. The van der Waals surface area contributed by atoms with E-state index in [4.69, 9.17) is 4.42 Å². The highest BCUT2D eigenvalue weighted by molar-refractivity contribution is 5.16. The molecule has 0 aliphatic rings. The monoisotopic (exact) mass is 218 g/mol. The van der Waals surface area contributed by atoms with Crippen LogP contribution in [0.15, 0.2) is 16.7 Å². The Kier molecular flexibility index (Phi) is 4.71. The minimum Gasteiger partial charge on any atom is -0.468 e. The number of hydrogen-bond acceptors (Lipinski definition) is 3. The molecule has 0 fully saturated rings. The van der Waals surface area contributed by atoms with Crippen molar-refractivity contribution in [1.29, 1.82) is 0 Å². The fraction of sp³-hybridized carbons (Fsp3) is 0.600. The van der Waals surface area contributed by atoms with E-state index in [1.54, 1.807) is 18.2 Å². The van der Waals surface area contributed by atoms with Gasteiger partial charge in [-0.05, 0) is 20.2 Å². The normalized spacial score (nSPS) is 11.6. The number of nitrogens with one attached hydrogen (secondary N) is 1. The van der Waals surface area contributed by atoms with Crippen molar-refractivity contribution in [2.75, 3.05) is 20.6 Å². The summed E-state index contributed by atoms with van der Waals surface area (Å²) in [6, 6.07) is 1.81. The van der Waals surface area contributed by atoms with Crippen LogP contribution in [0.1, 0.15) is 11.3 Å². The zero-order valence-electron chi connectivity index (χ0n) is 8.96. The lowest BCUT2D eigenvalue weighted by Gasteiger charge is -2.15. The summed E-state index contributed by atoms with van der Waals surface area (Å²) in [6.45, 7) is 0.882. The van der Waals surface area contributed by atoms with E-state index < -0.39 is 6.43 Å². The van der Waals surface area contributed by atoms with Crippen LogP contribution in [0.4, 0.5) is 8.78 Å². The van der Waals surface area contributed by atoms with Gasteiger partial charge >= 0.3 is 0 Å². The molecule has 0 atom stereocenters. The van der Waals surface area contributed by atoms with E-state index >= 15 is 0 Å². The number of nitrogens with zero attached hydrogens (tertiary/aromatic N) is 1. The van der Waals surface area contributed by atoms with Gasteiger partial charge in [0.1, 0.15) is 5.76 Å². The number of furan rings is 1. The Balaban J connectivity index is 2.51. The van der Waals surface area contributed by atoms with Crippen molar-refractivity contribution in [2.24, 2.45) is 0 Å². The minimum atomic E-state index is -2.30. The first-order valence-electron chi connectivity index (χ1n) is 4.80. The van der Waals surface area contributed by atoms with Gasteiger partial charge in [0.2, 0.25) is 0 Å². The maximum absolute atomic E-state index is 12.1. The highest BCUT2D eigenvalue weighted by Gasteiger charge is 2.11. The first kappa shape index (κ1) is 12.1. The molecule has 5 heteroatoms. The Morgan fingerprint density at radius 1 is 1.53 bits per heavy atom. The number of hydrogen-bond donors (Lipinski definition) is 1. The first-order valence-corrected chi connectivity index (χ1v) is 4.80. The summed E-state index contributed by atoms with van der Waals surface area (Å²) >= 11 is 0. The van der Waals surface area contributed by atoms with Crippen molar-refractivity contribution in [3.05, 3.63) is 23.7 Å². The minimum absolute atomic E-state index is 0.218. The molecule has 1 N–H and O–H groups in total. The predicted octanol–water partition coefficient (Wildman–Crippen LogP) is 1.70. The van der Waals surface area contributed by atoms with Gasteiger partial charge in [0.15, 0.2) is 0 Å². The third-order valence-electron chi connectivity index (χ3n) is 2.06. The maximum Gasteiger partial charge on any atom is 0.251 e. The van der Waals surface area contributed by atoms with E-state index in [9.17, 15) is 8.78 Å². The smallest absolute Gasteiger partial charge is 0.251 e. The Bertz CT molecular complexity index is 289. The lowest BCUT2D eigenvalue weighted by molar-refractivity contribution is 0.0973. The van der Waals surface area contributed by atoms with E-state index in [0.29, 0.717) is 13.1 Å². The van der Waals surface area contributed by atoms with Crippen LogP contribution in [-0.2, 0) is 13.1 Å². The van der Waals surface area contributed by atoms with Gasteiger partial charge in [-0.15, -0.1) is 0 Å². The molecule has 0 aliphatic heterocycles. The van der Waals surface area contributed by atoms with E-state index in [-0.39, 0.29) is 6.54 Å². The SMILES string of the molecule is CNCc1occc1CN(C)CC(F)F. The molecule has 0 bridgehead atoms. The van der Waals surface area contributed by atoms with Gasteiger partial charge < -0.3 is 9.73 Å². The van der Waals surface area contributed by atoms with Crippen LogP contribution in [0.3, 0.4) is 0 Å². The summed E-state index contributed by atoms with van der Waals surface area (Å²) in [7, 11) is 3.48. The maximum atomic E-state index is 12.1. The van der Waals surface area contributed by atoms with E-state index in [1.807, 2.05) is 13.1 Å². The molecule has 1 heterocycles. The molecule has 0 unspecified atom stereocenters. The van der Waals surface area contributed by atoms with Crippen LogP contribution in [0, 0.1) is 0 Å².